The lowest BCUT2D eigenvalue weighted by Crippen LogP contribution is -2.10. The van der Waals surface area contributed by atoms with Gasteiger partial charge in [-0.3, -0.25) is 0 Å². The van der Waals surface area contributed by atoms with Crippen LogP contribution in [0, 0.1) is 17.1 Å². The minimum atomic E-state index is -0.478. The van der Waals surface area contributed by atoms with E-state index in [1.165, 1.54) is 11.6 Å². The molecule has 4 heteroatoms. The van der Waals surface area contributed by atoms with Gasteiger partial charge in [-0.1, -0.05) is 18.2 Å². The maximum absolute atomic E-state index is 13.3. The number of rotatable bonds is 5. The number of hydrogen-bond acceptors (Lipinski definition) is 3. The summed E-state index contributed by atoms with van der Waals surface area (Å²) in [7, 11) is 4.06. The van der Waals surface area contributed by atoms with E-state index in [4.69, 9.17) is 5.26 Å². The van der Waals surface area contributed by atoms with Crippen LogP contribution in [0.15, 0.2) is 42.5 Å². The highest BCUT2D eigenvalue weighted by Crippen LogP contribution is 2.15. The molecule has 108 valence electrons. The van der Waals surface area contributed by atoms with Gasteiger partial charge >= 0.3 is 0 Å². The number of nitrogens with zero attached hydrogens (tertiary/aromatic N) is 2. The van der Waals surface area contributed by atoms with E-state index in [1.807, 2.05) is 32.3 Å². The van der Waals surface area contributed by atoms with Crippen LogP contribution in [-0.2, 0) is 13.1 Å². The summed E-state index contributed by atoms with van der Waals surface area (Å²) >= 11 is 0. The van der Waals surface area contributed by atoms with Crippen LogP contribution in [-0.4, -0.2) is 19.0 Å². The molecule has 0 heterocycles. The molecule has 0 atom stereocenters. The van der Waals surface area contributed by atoms with E-state index >= 15 is 0 Å². The van der Waals surface area contributed by atoms with Gasteiger partial charge in [-0.05, 0) is 49.5 Å². The Balaban J connectivity index is 2.04. The molecule has 21 heavy (non-hydrogen) atoms. The Labute approximate surface area is 124 Å². The van der Waals surface area contributed by atoms with E-state index < -0.39 is 5.82 Å². The molecule has 0 fully saturated rings. The van der Waals surface area contributed by atoms with Crippen LogP contribution in [0.5, 0.6) is 0 Å². The second kappa shape index (κ2) is 6.87. The fourth-order valence-corrected chi connectivity index (χ4v) is 2.12. The van der Waals surface area contributed by atoms with E-state index in [0.717, 1.165) is 17.8 Å². The Kier molecular flexibility index (Phi) is 4.91. The van der Waals surface area contributed by atoms with E-state index in [9.17, 15) is 4.39 Å². The van der Waals surface area contributed by atoms with E-state index in [1.54, 1.807) is 12.1 Å². The van der Waals surface area contributed by atoms with Gasteiger partial charge in [-0.25, -0.2) is 4.39 Å². The Morgan fingerprint density at radius 2 is 1.95 bits per heavy atom. The van der Waals surface area contributed by atoms with Gasteiger partial charge in [0.2, 0.25) is 0 Å². The molecule has 0 radical (unpaired) electrons. The zero-order chi connectivity index (χ0) is 15.2. The van der Waals surface area contributed by atoms with E-state index in [0.29, 0.717) is 6.54 Å². The summed E-state index contributed by atoms with van der Waals surface area (Å²) in [6.07, 6.45) is 0. The van der Waals surface area contributed by atoms with Crippen LogP contribution in [0.3, 0.4) is 0 Å². The first kappa shape index (κ1) is 15.0. The lowest BCUT2D eigenvalue weighted by atomic mass is 10.1. The predicted molar refractivity (Wildman–Crippen MR) is 82.3 cm³/mol. The minimum absolute atomic E-state index is 0.0793. The third kappa shape index (κ3) is 4.30. The summed E-state index contributed by atoms with van der Waals surface area (Å²) in [5, 5.41) is 12.1. The topological polar surface area (TPSA) is 39.1 Å². The van der Waals surface area contributed by atoms with Gasteiger partial charge < -0.3 is 10.2 Å². The van der Waals surface area contributed by atoms with E-state index in [-0.39, 0.29) is 5.56 Å². The molecule has 3 nitrogen and oxygen atoms in total. The normalized spacial score (nSPS) is 10.4. The Hall–Kier alpha value is -2.38. The monoisotopic (exact) mass is 283 g/mol. The van der Waals surface area contributed by atoms with Gasteiger partial charge in [0.25, 0.3) is 0 Å². The third-order valence-corrected chi connectivity index (χ3v) is 3.07. The molecule has 2 aromatic carbocycles. The lowest BCUT2D eigenvalue weighted by molar-refractivity contribution is 0.402. The van der Waals surface area contributed by atoms with Crippen molar-refractivity contribution in [3.05, 3.63) is 65.0 Å². The van der Waals surface area contributed by atoms with Gasteiger partial charge in [0, 0.05) is 18.8 Å². The molecule has 0 bridgehead atoms. The second-order valence-electron chi connectivity index (χ2n) is 5.22. The molecule has 1 N–H and O–H groups in total. The van der Waals surface area contributed by atoms with Crippen molar-refractivity contribution in [1.82, 2.24) is 4.90 Å². The van der Waals surface area contributed by atoms with Crippen molar-refractivity contribution in [2.24, 2.45) is 0 Å². The maximum Gasteiger partial charge on any atom is 0.140 e. The molecule has 0 amide bonds. The largest absolute Gasteiger partial charge is 0.381 e. The van der Waals surface area contributed by atoms with Gasteiger partial charge in [0.15, 0.2) is 0 Å². The standard InChI is InChI=1S/C17H18FN3/c1-21(2)12-14-4-3-5-16(9-14)20-11-13-6-7-17(18)15(8-13)10-19/h3-9,20H,11-12H2,1-2H3. The molecule has 0 spiro atoms. The molecule has 0 aliphatic carbocycles. The molecule has 2 aromatic rings. The minimum Gasteiger partial charge on any atom is -0.381 e. The van der Waals surface area contributed by atoms with Gasteiger partial charge in [0.05, 0.1) is 5.56 Å². The maximum atomic E-state index is 13.3. The summed E-state index contributed by atoms with van der Waals surface area (Å²) in [5.41, 5.74) is 3.20. The van der Waals surface area contributed by atoms with Crippen LogP contribution in [0.2, 0.25) is 0 Å². The fraction of sp³-hybridized carbons (Fsp3) is 0.235. The molecular weight excluding hydrogens is 265 g/mol. The summed E-state index contributed by atoms with van der Waals surface area (Å²) in [4.78, 5) is 2.11. The van der Waals surface area contributed by atoms with Crippen LogP contribution in [0.1, 0.15) is 16.7 Å². The van der Waals surface area contributed by atoms with Crippen LogP contribution in [0.25, 0.3) is 0 Å². The predicted octanol–water partition coefficient (Wildman–Crippen LogP) is 3.37. The van der Waals surface area contributed by atoms with Crippen LogP contribution < -0.4 is 5.32 Å². The highest BCUT2D eigenvalue weighted by atomic mass is 19.1. The van der Waals surface area contributed by atoms with Crippen molar-refractivity contribution in [2.45, 2.75) is 13.1 Å². The molecule has 0 aliphatic rings. The molecule has 0 aliphatic heterocycles. The average molecular weight is 283 g/mol. The Morgan fingerprint density at radius 1 is 1.14 bits per heavy atom. The summed E-state index contributed by atoms with van der Waals surface area (Å²) in [5.74, 6) is -0.478. The molecule has 0 unspecified atom stereocenters. The van der Waals surface area contributed by atoms with Crippen LogP contribution in [0.4, 0.5) is 10.1 Å². The van der Waals surface area contributed by atoms with Crippen molar-refractivity contribution in [3.63, 3.8) is 0 Å². The van der Waals surface area contributed by atoms with Crippen molar-refractivity contribution in [1.29, 1.82) is 5.26 Å². The average Bonchev–Trinajstić information content (AvgIpc) is 2.46. The van der Waals surface area contributed by atoms with Crippen molar-refractivity contribution >= 4 is 5.69 Å². The quantitative estimate of drug-likeness (QED) is 0.914. The number of hydrogen-bond donors (Lipinski definition) is 1. The summed E-state index contributed by atoms with van der Waals surface area (Å²) in [6, 6.07) is 14.6. The van der Waals surface area contributed by atoms with Crippen molar-refractivity contribution < 1.29 is 4.39 Å². The van der Waals surface area contributed by atoms with Crippen LogP contribution >= 0.6 is 0 Å². The van der Waals surface area contributed by atoms with Crippen molar-refractivity contribution in [2.75, 3.05) is 19.4 Å². The Bertz CT molecular complexity index is 659. The Morgan fingerprint density at radius 3 is 2.67 bits per heavy atom. The van der Waals surface area contributed by atoms with E-state index in [2.05, 4.69) is 22.3 Å². The third-order valence-electron chi connectivity index (χ3n) is 3.07. The number of nitrogens with one attached hydrogen (secondary N) is 1. The molecule has 0 aromatic heterocycles. The van der Waals surface area contributed by atoms with Gasteiger partial charge in [-0.15, -0.1) is 0 Å². The zero-order valence-corrected chi connectivity index (χ0v) is 12.2. The number of benzene rings is 2. The zero-order valence-electron chi connectivity index (χ0n) is 12.2. The summed E-state index contributed by atoms with van der Waals surface area (Å²) < 4.78 is 13.3. The first-order chi connectivity index (χ1) is 10.1. The lowest BCUT2D eigenvalue weighted by Gasteiger charge is -2.12. The fourth-order valence-electron chi connectivity index (χ4n) is 2.12. The van der Waals surface area contributed by atoms with Gasteiger partial charge in [0.1, 0.15) is 11.9 Å². The highest BCUT2D eigenvalue weighted by Gasteiger charge is 2.03. The first-order valence-electron chi connectivity index (χ1n) is 6.74. The number of anilines is 1. The second-order valence-corrected chi connectivity index (χ2v) is 5.22. The summed E-state index contributed by atoms with van der Waals surface area (Å²) in [6.45, 7) is 1.44. The SMILES string of the molecule is CN(C)Cc1cccc(NCc2ccc(F)c(C#N)c2)c1. The number of halogens is 1. The van der Waals surface area contributed by atoms with Crippen molar-refractivity contribution in [3.8, 4) is 6.07 Å². The molecule has 0 saturated carbocycles. The number of nitriles is 1. The first-order valence-corrected chi connectivity index (χ1v) is 6.74. The molecule has 0 saturated heterocycles. The smallest absolute Gasteiger partial charge is 0.140 e. The molecule has 2 rings (SSSR count). The van der Waals surface area contributed by atoms with Gasteiger partial charge in [-0.2, -0.15) is 5.26 Å². The highest BCUT2D eigenvalue weighted by molar-refractivity contribution is 5.46. The molecular formula is C17H18FN3.